The van der Waals surface area contributed by atoms with E-state index in [-0.39, 0.29) is 0 Å². The Morgan fingerprint density at radius 1 is 0.722 bits per heavy atom. The Kier molecular flexibility index (Phi) is 6.03. The third kappa shape index (κ3) is 3.99. The van der Waals surface area contributed by atoms with Gasteiger partial charge in [0.1, 0.15) is 0 Å². The molecule has 0 N–H and O–H groups in total. The van der Waals surface area contributed by atoms with Crippen LogP contribution >= 0.6 is 60.3 Å². The summed E-state index contributed by atoms with van der Waals surface area (Å²) in [6, 6.07) is 12.5. The molecular weight excluding hydrogens is 486 g/mol. The molecule has 0 aromatic heterocycles. The summed E-state index contributed by atoms with van der Waals surface area (Å²) in [5, 5.41) is 8.40. The van der Waals surface area contributed by atoms with Crippen LogP contribution in [0.25, 0.3) is 10.8 Å². The highest BCUT2D eigenvalue weighted by Crippen LogP contribution is 2.18. The highest BCUT2D eigenvalue weighted by atomic mass is 127. The van der Waals surface area contributed by atoms with Crippen LogP contribution in [-0.4, -0.2) is 0 Å². The van der Waals surface area contributed by atoms with Crippen LogP contribution in [0.2, 0.25) is 0 Å². The van der Waals surface area contributed by atoms with Gasteiger partial charge >= 0.3 is 0 Å². The van der Waals surface area contributed by atoms with Gasteiger partial charge in [0.05, 0.1) is 0 Å². The molecule has 0 radical (unpaired) electrons. The third-order valence-electron chi connectivity index (χ3n) is 2.31. The highest BCUT2D eigenvalue weighted by Gasteiger charge is 1.96. The summed E-state index contributed by atoms with van der Waals surface area (Å²) in [7, 11) is 3.00. The summed E-state index contributed by atoms with van der Waals surface area (Å²) in [4.78, 5) is 0. The first-order valence-corrected chi connectivity index (χ1v) is 11.7. The van der Waals surface area contributed by atoms with Gasteiger partial charge in [0.2, 0.25) is 0 Å². The number of halogens is 2. The van der Waals surface area contributed by atoms with Gasteiger partial charge in [0.25, 0.3) is 0 Å². The van der Waals surface area contributed by atoms with Crippen LogP contribution in [0.3, 0.4) is 0 Å². The molecule has 0 atom stereocenters. The van der Waals surface area contributed by atoms with E-state index in [1.54, 1.807) is 0 Å². The van der Waals surface area contributed by atoms with Crippen molar-refractivity contribution in [3.8, 4) is 22.3 Å². The fraction of sp³-hybridized carbons (Fsp3) is 0. The Morgan fingerprint density at radius 2 is 1.22 bits per heavy atom. The second kappa shape index (κ2) is 7.54. The Balaban J connectivity index is 2.46. The molecule has 0 nitrogen and oxygen atoms in total. The van der Waals surface area contributed by atoms with Crippen LogP contribution in [-0.2, 0) is 0 Å². The van der Waals surface area contributed by atoms with Gasteiger partial charge in [-0.05, 0) is 63.4 Å². The first-order valence-electron chi connectivity index (χ1n) is 4.94. The van der Waals surface area contributed by atoms with E-state index in [1.165, 1.54) is 28.6 Å². The van der Waals surface area contributed by atoms with E-state index in [1.807, 2.05) is 12.1 Å². The summed E-state index contributed by atoms with van der Waals surface area (Å²) in [6.07, 6.45) is 0. The van der Waals surface area contributed by atoms with Crippen molar-refractivity contribution in [1.29, 1.82) is 0 Å². The Morgan fingerprint density at radius 3 is 1.67 bits per heavy atom. The molecule has 0 amide bonds. The summed E-state index contributed by atoms with van der Waals surface area (Å²) in [5.41, 5.74) is 2.08. The van der Waals surface area contributed by atoms with Crippen molar-refractivity contribution in [2.24, 2.45) is 0 Å². The zero-order valence-electron chi connectivity index (χ0n) is 9.04. The largest absolute Gasteiger partial charge is 0.0542 e. The molecule has 0 heterocycles. The first-order chi connectivity index (χ1) is 8.83. The minimum atomic E-state index is 1.04. The molecule has 0 aliphatic carbocycles. The van der Waals surface area contributed by atoms with Crippen molar-refractivity contribution in [1.82, 2.24) is 0 Å². The van der Waals surface area contributed by atoms with Crippen molar-refractivity contribution in [2.45, 2.75) is 0 Å². The summed E-state index contributed by atoms with van der Waals surface area (Å²) < 4.78 is 0. The molecule has 18 heavy (non-hydrogen) atoms. The summed E-state index contributed by atoms with van der Waals surface area (Å²) in [6.45, 7) is 0. The van der Waals surface area contributed by atoms with E-state index in [0.717, 1.165) is 11.1 Å². The number of benzene rings is 2. The number of hydrogen-bond donors (Lipinski definition) is 0. The molecule has 0 fully saturated rings. The maximum atomic E-state index is 3.11. The molecular formula is C14H6I2S2. The Labute approximate surface area is 139 Å². The normalized spacial score (nSPS) is 9.22. The van der Waals surface area contributed by atoms with E-state index in [4.69, 9.17) is 0 Å². The lowest BCUT2D eigenvalue weighted by Gasteiger charge is -1.99. The van der Waals surface area contributed by atoms with Crippen LogP contribution < -0.4 is 0 Å². The van der Waals surface area contributed by atoms with E-state index in [9.17, 15) is 0 Å². The van der Waals surface area contributed by atoms with Crippen LogP contribution in [0.1, 0.15) is 11.1 Å². The highest BCUT2D eigenvalue weighted by molar-refractivity contribution is 14.2. The van der Waals surface area contributed by atoms with Crippen LogP contribution in [0.4, 0.5) is 0 Å². The van der Waals surface area contributed by atoms with E-state index in [0.29, 0.717) is 0 Å². The second-order valence-corrected chi connectivity index (χ2v) is 6.74. The van der Waals surface area contributed by atoms with Gasteiger partial charge in [-0.25, -0.2) is 0 Å². The lowest BCUT2D eigenvalue weighted by molar-refractivity contribution is 1.67. The number of hydrogen-bond acceptors (Lipinski definition) is 2. The van der Waals surface area contributed by atoms with Crippen LogP contribution in [0.15, 0.2) is 36.4 Å². The standard InChI is InChI=1S/C14H6I2S2/c15-17-7-5-11-1-3-13-4-2-12(6-8-18-16)10-14(13)9-11/h1-4,9-10H. The minimum Gasteiger partial charge on any atom is -0.0542 e. The SMILES string of the molecule is ISC#Cc1ccc2ccc(C#CSI)cc2c1. The number of fused-ring (bicyclic) bond motifs is 1. The molecule has 0 spiro atoms. The van der Waals surface area contributed by atoms with E-state index < -0.39 is 0 Å². The van der Waals surface area contributed by atoms with Gasteiger partial charge in [-0.1, -0.05) is 24.0 Å². The maximum Gasteiger partial charge on any atom is 0.0260 e. The third-order valence-corrected chi connectivity index (χ3v) is 3.99. The van der Waals surface area contributed by atoms with Gasteiger partial charge in [-0.3, -0.25) is 0 Å². The molecule has 0 saturated carbocycles. The smallest absolute Gasteiger partial charge is 0.0260 e. The first kappa shape index (κ1) is 14.4. The lowest BCUT2D eigenvalue weighted by atomic mass is 10.0. The molecule has 0 bridgehead atoms. The lowest BCUT2D eigenvalue weighted by Crippen LogP contribution is -1.79. The molecule has 2 aromatic carbocycles. The molecule has 2 aromatic rings. The van der Waals surface area contributed by atoms with Crippen LogP contribution in [0, 0.1) is 22.3 Å². The minimum absolute atomic E-state index is 1.04. The number of rotatable bonds is 0. The average Bonchev–Trinajstić information content (AvgIpc) is 2.42. The van der Waals surface area contributed by atoms with Crippen molar-refractivity contribution in [3.63, 3.8) is 0 Å². The van der Waals surface area contributed by atoms with E-state index >= 15 is 0 Å². The Hall–Kier alpha value is -0.0200. The van der Waals surface area contributed by atoms with Gasteiger partial charge in [-0.15, -0.1) is 0 Å². The summed E-state index contributed by atoms with van der Waals surface area (Å²) >= 11 is 4.35. The van der Waals surface area contributed by atoms with Gasteiger partial charge in [0.15, 0.2) is 0 Å². The van der Waals surface area contributed by atoms with Gasteiger partial charge in [0, 0.05) is 53.5 Å². The molecule has 0 unspecified atom stereocenters. The van der Waals surface area contributed by atoms with Crippen molar-refractivity contribution >= 4 is 71.0 Å². The monoisotopic (exact) mass is 492 g/mol. The fourth-order valence-corrected chi connectivity index (χ4v) is 2.53. The fourth-order valence-electron chi connectivity index (χ4n) is 1.56. The molecule has 0 aliphatic rings. The predicted molar refractivity (Wildman–Crippen MR) is 101 cm³/mol. The molecule has 88 valence electrons. The van der Waals surface area contributed by atoms with Crippen molar-refractivity contribution < 1.29 is 0 Å². The summed E-state index contributed by atoms with van der Waals surface area (Å²) in [5.74, 6) is 6.23. The molecule has 0 saturated heterocycles. The molecule has 4 heteroatoms. The zero-order valence-corrected chi connectivity index (χ0v) is 15.0. The Bertz CT molecular complexity index is 631. The quantitative estimate of drug-likeness (QED) is 0.346. The zero-order chi connectivity index (χ0) is 12.8. The molecule has 0 aliphatic heterocycles. The molecule has 2 rings (SSSR count). The maximum absolute atomic E-state index is 3.11. The van der Waals surface area contributed by atoms with Gasteiger partial charge < -0.3 is 0 Å². The average molecular weight is 492 g/mol. The predicted octanol–water partition coefficient (Wildman–Crippen LogP) is 5.62. The van der Waals surface area contributed by atoms with Gasteiger partial charge in [-0.2, -0.15) is 0 Å². The second-order valence-electron chi connectivity index (χ2n) is 3.39. The topological polar surface area (TPSA) is 0 Å². The van der Waals surface area contributed by atoms with Crippen LogP contribution in [0.5, 0.6) is 0 Å². The van der Waals surface area contributed by atoms with Crippen molar-refractivity contribution in [3.05, 3.63) is 47.5 Å². The van der Waals surface area contributed by atoms with E-state index in [2.05, 4.69) is 89.0 Å². The van der Waals surface area contributed by atoms with Crippen molar-refractivity contribution in [2.75, 3.05) is 0 Å².